The van der Waals surface area contributed by atoms with Crippen LogP contribution in [0.5, 0.6) is 11.5 Å². The van der Waals surface area contributed by atoms with Crippen molar-refractivity contribution in [1.29, 1.82) is 0 Å². The van der Waals surface area contributed by atoms with Crippen molar-refractivity contribution in [2.75, 3.05) is 18.5 Å². The van der Waals surface area contributed by atoms with Gasteiger partial charge >= 0.3 is 0 Å². The van der Waals surface area contributed by atoms with Crippen molar-refractivity contribution in [1.82, 2.24) is 0 Å². The first-order valence-electron chi connectivity index (χ1n) is 7.55. The molecule has 1 atom stereocenters. The van der Waals surface area contributed by atoms with Crippen LogP contribution in [-0.2, 0) is 4.79 Å². The zero-order valence-electron chi connectivity index (χ0n) is 13.2. The van der Waals surface area contributed by atoms with Gasteiger partial charge < -0.3 is 14.8 Å². The van der Waals surface area contributed by atoms with Crippen LogP contribution in [0.3, 0.4) is 0 Å². The zero-order chi connectivity index (χ0) is 16.2. The molecule has 0 radical (unpaired) electrons. The molecule has 1 heterocycles. The minimum atomic E-state index is -0.210. The van der Waals surface area contributed by atoms with Crippen LogP contribution in [0.2, 0.25) is 0 Å². The van der Waals surface area contributed by atoms with E-state index in [1.54, 1.807) is 0 Å². The molecule has 0 unspecified atom stereocenters. The largest absolute Gasteiger partial charge is 0.486 e. The Labute approximate surface area is 140 Å². The van der Waals surface area contributed by atoms with E-state index in [-0.39, 0.29) is 11.2 Å². The van der Waals surface area contributed by atoms with Gasteiger partial charge in [-0.05, 0) is 49.7 Å². The highest BCUT2D eigenvalue weighted by Gasteiger charge is 2.17. The molecule has 0 aliphatic carbocycles. The fourth-order valence-corrected chi connectivity index (χ4v) is 3.22. The maximum Gasteiger partial charge on any atom is 0.237 e. The lowest BCUT2D eigenvalue weighted by Gasteiger charge is -2.19. The molecule has 0 saturated heterocycles. The highest BCUT2D eigenvalue weighted by molar-refractivity contribution is 8.00. The Morgan fingerprint density at radius 1 is 1.13 bits per heavy atom. The van der Waals surface area contributed by atoms with Crippen molar-refractivity contribution >= 4 is 23.4 Å². The van der Waals surface area contributed by atoms with Crippen molar-refractivity contribution in [2.24, 2.45) is 0 Å². The molecular weight excluding hydrogens is 310 g/mol. The lowest BCUT2D eigenvalue weighted by atomic mass is 10.2. The second-order valence-electron chi connectivity index (χ2n) is 5.42. The number of rotatable bonds is 4. The molecule has 2 aromatic carbocycles. The number of hydrogen-bond donors (Lipinski definition) is 1. The number of fused-ring (bicyclic) bond motifs is 1. The Morgan fingerprint density at radius 2 is 1.91 bits per heavy atom. The number of carbonyl (C=O) groups is 1. The monoisotopic (exact) mass is 329 g/mol. The van der Waals surface area contributed by atoms with Gasteiger partial charge in [-0.25, -0.2) is 0 Å². The van der Waals surface area contributed by atoms with E-state index in [1.165, 1.54) is 11.8 Å². The lowest BCUT2D eigenvalue weighted by molar-refractivity contribution is -0.115. The molecule has 5 heteroatoms. The van der Waals surface area contributed by atoms with E-state index in [9.17, 15) is 4.79 Å². The van der Waals surface area contributed by atoms with Crippen molar-refractivity contribution in [3.05, 3.63) is 48.0 Å². The van der Waals surface area contributed by atoms with Crippen molar-refractivity contribution in [3.8, 4) is 11.5 Å². The van der Waals surface area contributed by atoms with Crippen molar-refractivity contribution < 1.29 is 14.3 Å². The first kappa shape index (κ1) is 15.7. The highest BCUT2D eigenvalue weighted by Crippen LogP contribution is 2.35. The molecule has 1 amide bonds. The molecule has 3 rings (SSSR count). The maximum absolute atomic E-state index is 12.3. The van der Waals surface area contributed by atoms with Gasteiger partial charge in [-0.2, -0.15) is 0 Å². The number of aryl methyl sites for hydroxylation is 1. The van der Waals surface area contributed by atoms with Crippen LogP contribution >= 0.6 is 11.8 Å². The van der Waals surface area contributed by atoms with E-state index in [4.69, 9.17) is 9.47 Å². The van der Waals surface area contributed by atoms with Crippen LogP contribution in [0, 0.1) is 6.92 Å². The predicted molar refractivity (Wildman–Crippen MR) is 92.6 cm³/mol. The van der Waals surface area contributed by atoms with Gasteiger partial charge in [-0.3, -0.25) is 4.79 Å². The van der Waals surface area contributed by atoms with Gasteiger partial charge in [0.1, 0.15) is 13.2 Å². The minimum absolute atomic E-state index is 0.0181. The molecule has 23 heavy (non-hydrogen) atoms. The number of anilines is 1. The van der Waals surface area contributed by atoms with E-state index in [0.29, 0.717) is 13.2 Å². The SMILES string of the molecule is Cc1cccc(NC(=O)[C@H](C)Sc2ccc3c(c2)OCCO3)c1. The summed E-state index contributed by atoms with van der Waals surface area (Å²) in [5.41, 5.74) is 1.94. The molecule has 0 bridgehead atoms. The lowest BCUT2D eigenvalue weighted by Crippen LogP contribution is -2.22. The number of amides is 1. The van der Waals surface area contributed by atoms with Gasteiger partial charge in [-0.15, -0.1) is 11.8 Å². The second-order valence-corrected chi connectivity index (χ2v) is 6.84. The Morgan fingerprint density at radius 3 is 2.70 bits per heavy atom. The number of benzene rings is 2. The molecule has 1 aliphatic heterocycles. The van der Waals surface area contributed by atoms with Crippen LogP contribution < -0.4 is 14.8 Å². The predicted octanol–water partition coefficient (Wildman–Crippen LogP) is 3.89. The van der Waals surface area contributed by atoms with Gasteiger partial charge in [0.05, 0.1) is 5.25 Å². The van der Waals surface area contributed by atoms with Crippen molar-refractivity contribution in [3.63, 3.8) is 0 Å². The molecule has 4 nitrogen and oxygen atoms in total. The van der Waals surface area contributed by atoms with Gasteiger partial charge in [0.15, 0.2) is 11.5 Å². The Kier molecular flexibility index (Phi) is 4.76. The van der Waals surface area contributed by atoms with Crippen LogP contribution in [0.15, 0.2) is 47.4 Å². The molecule has 1 aliphatic rings. The summed E-state index contributed by atoms with van der Waals surface area (Å²) in [6.07, 6.45) is 0. The average molecular weight is 329 g/mol. The molecule has 1 N–H and O–H groups in total. The summed E-state index contributed by atoms with van der Waals surface area (Å²) < 4.78 is 11.1. The number of carbonyl (C=O) groups excluding carboxylic acids is 1. The van der Waals surface area contributed by atoms with Crippen LogP contribution in [0.1, 0.15) is 12.5 Å². The summed E-state index contributed by atoms with van der Waals surface area (Å²) in [5.74, 6) is 1.49. The molecule has 0 spiro atoms. The first-order valence-corrected chi connectivity index (χ1v) is 8.43. The summed E-state index contributed by atoms with van der Waals surface area (Å²) in [6.45, 7) is 5.04. The Bertz CT molecular complexity index is 717. The summed E-state index contributed by atoms with van der Waals surface area (Å²) in [5, 5.41) is 2.74. The number of nitrogens with one attached hydrogen (secondary N) is 1. The van der Waals surface area contributed by atoms with E-state index >= 15 is 0 Å². The third-order valence-electron chi connectivity index (χ3n) is 3.48. The van der Waals surface area contributed by atoms with E-state index in [2.05, 4.69) is 5.32 Å². The maximum atomic E-state index is 12.3. The van der Waals surface area contributed by atoms with Gasteiger partial charge in [0, 0.05) is 10.6 Å². The second kappa shape index (κ2) is 6.96. The van der Waals surface area contributed by atoms with Gasteiger partial charge in [-0.1, -0.05) is 12.1 Å². The standard InChI is InChI=1S/C18H19NO3S/c1-12-4-3-5-14(10-12)19-18(20)13(2)23-15-6-7-16-17(11-15)22-9-8-21-16/h3-7,10-11,13H,8-9H2,1-2H3,(H,19,20)/t13-/m0/s1. The fourth-order valence-electron chi connectivity index (χ4n) is 2.32. The van der Waals surface area contributed by atoms with E-state index < -0.39 is 0 Å². The third-order valence-corrected chi connectivity index (χ3v) is 4.58. The normalized spacial score (nSPS) is 14.2. The van der Waals surface area contributed by atoms with Gasteiger partial charge in [0.25, 0.3) is 0 Å². The zero-order valence-corrected chi connectivity index (χ0v) is 14.0. The molecule has 0 aromatic heterocycles. The van der Waals surface area contributed by atoms with Crippen LogP contribution in [0.4, 0.5) is 5.69 Å². The Balaban J connectivity index is 1.64. The summed E-state index contributed by atoms with van der Waals surface area (Å²) >= 11 is 1.50. The van der Waals surface area contributed by atoms with Gasteiger partial charge in [0.2, 0.25) is 5.91 Å². The van der Waals surface area contributed by atoms with Crippen LogP contribution in [0.25, 0.3) is 0 Å². The molecule has 0 saturated carbocycles. The smallest absolute Gasteiger partial charge is 0.237 e. The minimum Gasteiger partial charge on any atom is -0.486 e. The topological polar surface area (TPSA) is 47.6 Å². The number of thioether (sulfide) groups is 1. The number of ether oxygens (including phenoxy) is 2. The average Bonchev–Trinajstić information content (AvgIpc) is 2.54. The fraction of sp³-hybridized carbons (Fsp3) is 0.278. The third kappa shape index (κ3) is 3.99. The quantitative estimate of drug-likeness (QED) is 0.865. The van der Waals surface area contributed by atoms with E-state index in [0.717, 1.165) is 27.6 Å². The van der Waals surface area contributed by atoms with Crippen LogP contribution in [-0.4, -0.2) is 24.4 Å². The summed E-state index contributed by atoms with van der Waals surface area (Å²) in [4.78, 5) is 13.3. The molecule has 120 valence electrons. The van der Waals surface area contributed by atoms with Crippen molar-refractivity contribution in [2.45, 2.75) is 24.0 Å². The van der Waals surface area contributed by atoms with E-state index in [1.807, 2.05) is 56.3 Å². The summed E-state index contributed by atoms with van der Waals surface area (Å²) in [7, 11) is 0. The molecular formula is C18H19NO3S. The highest BCUT2D eigenvalue weighted by atomic mass is 32.2. The number of hydrogen-bond acceptors (Lipinski definition) is 4. The first-order chi connectivity index (χ1) is 11.1. The summed E-state index contributed by atoms with van der Waals surface area (Å²) in [6, 6.07) is 13.6. The Hall–Kier alpha value is -2.14. The molecule has 0 fully saturated rings. The molecule has 2 aromatic rings.